The number of benzene rings is 1. The summed E-state index contributed by atoms with van der Waals surface area (Å²) >= 11 is 0. The van der Waals surface area contributed by atoms with Gasteiger partial charge in [-0.2, -0.15) is 0 Å². The molecule has 0 unspecified atom stereocenters. The molecule has 1 aliphatic rings. The molecular formula is C24H33N3O3. The second-order valence-corrected chi connectivity index (χ2v) is 7.96. The third-order valence-electron chi connectivity index (χ3n) is 6.21. The second-order valence-electron chi connectivity index (χ2n) is 7.96. The summed E-state index contributed by atoms with van der Waals surface area (Å²) in [5.41, 5.74) is 2.71. The molecule has 0 saturated carbocycles. The van der Waals surface area contributed by atoms with Crippen LogP contribution in [0, 0.1) is 13.8 Å². The molecule has 1 aliphatic heterocycles. The monoisotopic (exact) mass is 411 g/mol. The van der Waals surface area contributed by atoms with Crippen molar-refractivity contribution in [2.75, 3.05) is 26.7 Å². The number of nitrogens with zero attached hydrogens (tertiary/aromatic N) is 2. The summed E-state index contributed by atoms with van der Waals surface area (Å²) in [7, 11) is 1.67. The van der Waals surface area contributed by atoms with Gasteiger partial charge in [0.15, 0.2) is 5.43 Å². The Balaban J connectivity index is 1.77. The van der Waals surface area contributed by atoms with Crippen LogP contribution in [0.4, 0.5) is 0 Å². The number of methoxy groups -OCH3 is 1. The van der Waals surface area contributed by atoms with E-state index in [-0.39, 0.29) is 16.9 Å². The van der Waals surface area contributed by atoms with Crippen molar-refractivity contribution in [1.29, 1.82) is 0 Å². The first kappa shape index (κ1) is 22.1. The Morgan fingerprint density at radius 1 is 1.27 bits per heavy atom. The summed E-state index contributed by atoms with van der Waals surface area (Å²) in [6.45, 7) is 9.24. The van der Waals surface area contributed by atoms with Crippen LogP contribution in [0.3, 0.4) is 0 Å². The number of amides is 1. The highest BCUT2D eigenvalue weighted by molar-refractivity contribution is 5.95. The van der Waals surface area contributed by atoms with Gasteiger partial charge in [0.05, 0.1) is 7.11 Å². The van der Waals surface area contributed by atoms with Gasteiger partial charge in [-0.25, -0.2) is 0 Å². The number of aromatic nitrogens is 1. The lowest BCUT2D eigenvalue weighted by atomic mass is 10.1. The number of carbonyl (C=O) groups excluding carboxylic acids is 1. The summed E-state index contributed by atoms with van der Waals surface area (Å²) in [5, 5.41) is 3.01. The number of hydrogen-bond acceptors (Lipinski definition) is 4. The van der Waals surface area contributed by atoms with Gasteiger partial charge >= 0.3 is 0 Å². The summed E-state index contributed by atoms with van der Waals surface area (Å²) in [6.07, 6.45) is 3.00. The van der Waals surface area contributed by atoms with E-state index in [1.54, 1.807) is 13.2 Å². The van der Waals surface area contributed by atoms with Crippen LogP contribution in [0.1, 0.15) is 47.1 Å². The largest absolute Gasteiger partial charge is 0.496 e. The van der Waals surface area contributed by atoms with Gasteiger partial charge in [-0.1, -0.05) is 25.1 Å². The van der Waals surface area contributed by atoms with Gasteiger partial charge in [0, 0.05) is 36.6 Å². The molecule has 2 heterocycles. The lowest BCUT2D eigenvalue weighted by Gasteiger charge is -2.23. The van der Waals surface area contributed by atoms with E-state index in [1.165, 1.54) is 0 Å². The standard InChI is InChI=1S/C24H33N3O3/c1-5-26-13-8-10-20(26)16-25-24(29)23-18(3)27(17(2)15-21(23)28)14-12-19-9-6-7-11-22(19)30-4/h6-7,9,11,15,20H,5,8,10,12-14,16H2,1-4H3,(H,25,29)/t20-/m1/s1. The smallest absolute Gasteiger partial charge is 0.257 e. The van der Waals surface area contributed by atoms with Crippen LogP contribution in [-0.2, 0) is 13.0 Å². The van der Waals surface area contributed by atoms with E-state index < -0.39 is 0 Å². The van der Waals surface area contributed by atoms with Gasteiger partial charge in [0.25, 0.3) is 5.91 Å². The first-order valence-electron chi connectivity index (χ1n) is 10.8. The fourth-order valence-electron chi connectivity index (χ4n) is 4.52. The van der Waals surface area contributed by atoms with Crippen molar-refractivity contribution in [2.45, 2.75) is 52.6 Å². The van der Waals surface area contributed by atoms with Gasteiger partial charge in [-0.3, -0.25) is 14.5 Å². The van der Waals surface area contributed by atoms with Crippen molar-refractivity contribution in [1.82, 2.24) is 14.8 Å². The van der Waals surface area contributed by atoms with Gasteiger partial charge in [0.2, 0.25) is 0 Å². The van der Waals surface area contributed by atoms with Crippen LogP contribution >= 0.6 is 0 Å². The normalized spacial score (nSPS) is 16.6. The van der Waals surface area contributed by atoms with E-state index in [2.05, 4.69) is 21.7 Å². The van der Waals surface area contributed by atoms with E-state index >= 15 is 0 Å². The Labute approximate surface area is 178 Å². The molecule has 0 bridgehead atoms. The molecule has 1 N–H and O–H groups in total. The fourth-order valence-corrected chi connectivity index (χ4v) is 4.52. The number of likely N-dealkylation sites (tertiary alicyclic amines) is 1. The van der Waals surface area contributed by atoms with E-state index in [0.29, 0.717) is 24.8 Å². The number of aryl methyl sites for hydroxylation is 2. The van der Waals surface area contributed by atoms with Gasteiger partial charge in [-0.15, -0.1) is 0 Å². The molecule has 1 amide bonds. The molecule has 1 aromatic heterocycles. The minimum Gasteiger partial charge on any atom is -0.496 e. The average molecular weight is 412 g/mol. The molecule has 6 heteroatoms. The summed E-state index contributed by atoms with van der Waals surface area (Å²) in [4.78, 5) is 27.9. The fraction of sp³-hybridized carbons (Fsp3) is 0.500. The number of rotatable bonds is 8. The molecule has 1 fully saturated rings. The first-order chi connectivity index (χ1) is 14.5. The number of likely N-dealkylation sites (N-methyl/N-ethyl adjacent to an activating group) is 1. The Morgan fingerprint density at radius 3 is 2.77 bits per heavy atom. The molecule has 2 aromatic rings. The van der Waals surface area contributed by atoms with Crippen molar-refractivity contribution >= 4 is 5.91 Å². The predicted octanol–water partition coefficient (Wildman–Crippen LogP) is 2.93. The molecule has 0 spiro atoms. The number of pyridine rings is 1. The highest BCUT2D eigenvalue weighted by Crippen LogP contribution is 2.20. The van der Waals surface area contributed by atoms with E-state index in [9.17, 15) is 9.59 Å². The predicted molar refractivity (Wildman–Crippen MR) is 119 cm³/mol. The van der Waals surface area contributed by atoms with E-state index in [1.807, 2.05) is 38.1 Å². The maximum Gasteiger partial charge on any atom is 0.257 e. The highest BCUT2D eigenvalue weighted by Gasteiger charge is 2.24. The van der Waals surface area contributed by atoms with Gasteiger partial charge in [-0.05, 0) is 57.8 Å². The van der Waals surface area contributed by atoms with E-state index in [4.69, 9.17) is 4.74 Å². The summed E-state index contributed by atoms with van der Waals surface area (Å²) < 4.78 is 7.50. The van der Waals surface area contributed by atoms with Crippen LogP contribution in [0.2, 0.25) is 0 Å². The molecule has 1 aromatic carbocycles. The first-order valence-corrected chi connectivity index (χ1v) is 10.8. The Morgan fingerprint density at radius 2 is 2.03 bits per heavy atom. The number of para-hydroxylation sites is 1. The van der Waals surface area contributed by atoms with Crippen LogP contribution in [0.15, 0.2) is 35.1 Å². The average Bonchev–Trinajstić information content (AvgIpc) is 3.19. The second kappa shape index (κ2) is 9.94. The molecule has 1 saturated heterocycles. The zero-order chi connectivity index (χ0) is 21.7. The Hall–Kier alpha value is -2.60. The Kier molecular flexibility index (Phi) is 7.32. The topological polar surface area (TPSA) is 63.6 Å². The quantitative estimate of drug-likeness (QED) is 0.726. The lowest BCUT2D eigenvalue weighted by molar-refractivity contribution is 0.0938. The number of ether oxygens (including phenoxy) is 1. The van der Waals surface area contributed by atoms with Crippen LogP contribution in [0.25, 0.3) is 0 Å². The van der Waals surface area contributed by atoms with Gasteiger partial charge < -0.3 is 14.6 Å². The minimum absolute atomic E-state index is 0.213. The van der Waals surface area contributed by atoms with Crippen molar-refractivity contribution < 1.29 is 9.53 Å². The number of nitrogens with one attached hydrogen (secondary N) is 1. The maximum atomic E-state index is 12.9. The van der Waals surface area contributed by atoms with Crippen LogP contribution < -0.4 is 15.5 Å². The van der Waals surface area contributed by atoms with E-state index in [0.717, 1.165) is 49.4 Å². The third kappa shape index (κ3) is 4.75. The highest BCUT2D eigenvalue weighted by atomic mass is 16.5. The third-order valence-corrected chi connectivity index (χ3v) is 6.21. The summed E-state index contributed by atoms with van der Waals surface area (Å²) in [6, 6.07) is 9.85. The number of hydrogen-bond donors (Lipinski definition) is 1. The maximum absolute atomic E-state index is 12.9. The van der Waals surface area contributed by atoms with Crippen LogP contribution in [0.5, 0.6) is 5.75 Å². The molecule has 3 rings (SSSR count). The molecule has 0 aliphatic carbocycles. The van der Waals surface area contributed by atoms with Crippen molar-refractivity contribution in [2.24, 2.45) is 0 Å². The SMILES string of the molecule is CCN1CCC[C@@H]1CNC(=O)c1c(C)n(CCc2ccccc2OC)c(C)cc1=O. The summed E-state index contributed by atoms with van der Waals surface area (Å²) in [5.74, 6) is 0.579. The zero-order valence-electron chi connectivity index (χ0n) is 18.5. The van der Waals surface area contributed by atoms with Crippen molar-refractivity contribution in [3.63, 3.8) is 0 Å². The molecular weight excluding hydrogens is 378 g/mol. The molecule has 0 radical (unpaired) electrons. The Bertz CT molecular complexity index is 951. The van der Waals surface area contributed by atoms with Gasteiger partial charge in [0.1, 0.15) is 11.3 Å². The lowest BCUT2D eigenvalue weighted by Crippen LogP contribution is -2.41. The zero-order valence-corrected chi connectivity index (χ0v) is 18.5. The number of carbonyl (C=O) groups is 1. The van der Waals surface area contributed by atoms with Crippen molar-refractivity contribution in [3.05, 3.63) is 63.1 Å². The molecule has 30 heavy (non-hydrogen) atoms. The minimum atomic E-state index is -0.272. The van der Waals surface area contributed by atoms with Crippen LogP contribution in [-0.4, -0.2) is 48.2 Å². The van der Waals surface area contributed by atoms with Crippen molar-refractivity contribution in [3.8, 4) is 5.75 Å². The molecule has 6 nitrogen and oxygen atoms in total. The molecule has 162 valence electrons. The molecule has 1 atom stereocenters.